The van der Waals surface area contributed by atoms with Crippen LogP contribution in [0, 0.1) is 0 Å². The number of rotatable bonds is 2. The van der Waals surface area contributed by atoms with E-state index in [0.717, 1.165) is 5.03 Å². The minimum Gasteiger partial charge on any atom is -0.372 e. The van der Waals surface area contributed by atoms with Gasteiger partial charge in [-0.25, -0.2) is 0 Å². The second-order valence-corrected chi connectivity index (χ2v) is 2.58. The van der Waals surface area contributed by atoms with E-state index in [9.17, 15) is 0 Å². The summed E-state index contributed by atoms with van der Waals surface area (Å²) < 4.78 is 0. The summed E-state index contributed by atoms with van der Waals surface area (Å²) in [5.41, 5.74) is 0. The van der Waals surface area contributed by atoms with Gasteiger partial charge in [-0.2, -0.15) is 0 Å². The average Bonchev–Trinajstić information content (AvgIpc) is 1.65. The van der Waals surface area contributed by atoms with Crippen molar-refractivity contribution in [1.82, 2.24) is 4.90 Å². The van der Waals surface area contributed by atoms with Crippen molar-refractivity contribution < 1.29 is 0 Å². The van der Waals surface area contributed by atoms with Crippen LogP contribution in [0.4, 0.5) is 0 Å². The minimum atomic E-state index is 0.961. The van der Waals surface area contributed by atoms with Crippen molar-refractivity contribution in [3.05, 3.63) is 11.6 Å². The predicted molar refractivity (Wildman–Crippen MR) is 39.4 cm³/mol. The molecule has 0 unspecified atom stereocenters. The van der Waals surface area contributed by atoms with Gasteiger partial charge in [-0.1, -0.05) is 6.58 Å². The largest absolute Gasteiger partial charge is 0.372 e. The molecule has 0 fully saturated rings. The molecule has 0 aliphatic heterocycles. The highest BCUT2D eigenvalue weighted by Crippen LogP contribution is 2.17. The third-order valence-electron chi connectivity index (χ3n) is 0.604. The Morgan fingerprint density at radius 2 is 2.14 bits per heavy atom. The van der Waals surface area contributed by atoms with Crippen molar-refractivity contribution in [1.29, 1.82) is 0 Å². The second-order valence-electron chi connectivity index (χ2n) is 1.38. The smallest absolute Gasteiger partial charge is 0.0734 e. The van der Waals surface area contributed by atoms with Crippen molar-refractivity contribution in [2.45, 2.75) is 0 Å². The maximum absolute atomic E-state index is 3.93. The van der Waals surface area contributed by atoms with Gasteiger partial charge in [-0.05, 0) is 10.8 Å². The lowest BCUT2D eigenvalue weighted by atomic mass is 10.8. The first-order valence-electron chi connectivity index (χ1n) is 1.86. The van der Waals surface area contributed by atoms with Crippen LogP contribution in [0.5, 0.6) is 0 Å². The maximum Gasteiger partial charge on any atom is 0.0734 e. The van der Waals surface area contributed by atoms with Gasteiger partial charge in [0.15, 0.2) is 0 Å². The Kier molecular flexibility index (Phi) is 3.38. The zero-order valence-corrected chi connectivity index (χ0v) is 6.22. The fourth-order valence-corrected chi connectivity index (χ4v) is 0.735. The van der Waals surface area contributed by atoms with Crippen LogP contribution >= 0.6 is 22.5 Å². The molecular formula is C4H9NS2. The quantitative estimate of drug-likeness (QED) is 0.452. The third-order valence-corrected chi connectivity index (χ3v) is 1.81. The lowest BCUT2D eigenvalue weighted by Crippen LogP contribution is -2.05. The van der Waals surface area contributed by atoms with Crippen LogP contribution < -0.4 is 0 Å². The molecule has 0 aromatic rings. The summed E-state index contributed by atoms with van der Waals surface area (Å²) in [7, 11) is 5.23. The first kappa shape index (κ1) is 7.24. The molecule has 0 amide bonds. The van der Waals surface area contributed by atoms with Gasteiger partial charge in [0.05, 0.1) is 5.03 Å². The first-order valence-corrected chi connectivity index (χ1v) is 3.73. The molecule has 0 atom stereocenters. The highest BCUT2D eigenvalue weighted by atomic mass is 33.1. The van der Waals surface area contributed by atoms with E-state index in [1.165, 1.54) is 10.8 Å². The minimum absolute atomic E-state index is 0.961. The molecular weight excluding hydrogens is 126 g/mol. The Balaban J connectivity index is 3.35. The lowest BCUT2D eigenvalue weighted by Gasteiger charge is -2.10. The number of hydrogen-bond acceptors (Lipinski definition) is 3. The van der Waals surface area contributed by atoms with E-state index in [1.807, 2.05) is 19.0 Å². The molecule has 0 rings (SSSR count). The monoisotopic (exact) mass is 135 g/mol. The fourth-order valence-electron chi connectivity index (χ4n) is 0.0816. The van der Waals surface area contributed by atoms with Gasteiger partial charge >= 0.3 is 0 Å². The summed E-state index contributed by atoms with van der Waals surface area (Å²) in [5.74, 6) is 0. The van der Waals surface area contributed by atoms with Crippen LogP contribution in [-0.2, 0) is 0 Å². The summed E-state index contributed by atoms with van der Waals surface area (Å²) in [4.78, 5) is 1.91. The van der Waals surface area contributed by atoms with E-state index in [-0.39, 0.29) is 0 Å². The molecule has 0 heterocycles. The first-order chi connectivity index (χ1) is 3.18. The summed E-state index contributed by atoms with van der Waals surface area (Å²) in [6, 6.07) is 0. The summed E-state index contributed by atoms with van der Waals surface area (Å²) >= 11 is 3.93. The molecule has 0 bridgehead atoms. The van der Waals surface area contributed by atoms with Gasteiger partial charge in [0, 0.05) is 14.1 Å². The fraction of sp³-hybridized carbons (Fsp3) is 0.500. The Labute approximate surface area is 53.6 Å². The van der Waals surface area contributed by atoms with Crippen molar-refractivity contribution in [2.24, 2.45) is 0 Å². The van der Waals surface area contributed by atoms with E-state index < -0.39 is 0 Å². The van der Waals surface area contributed by atoms with E-state index >= 15 is 0 Å². The Morgan fingerprint density at radius 3 is 2.14 bits per heavy atom. The number of thiol groups is 1. The van der Waals surface area contributed by atoms with Crippen LogP contribution in [0.3, 0.4) is 0 Å². The van der Waals surface area contributed by atoms with Gasteiger partial charge in [-0.3, -0.25) is 0 Å². The lowest BCUT2D eigenvalue weighted by molar-refractivity contribution is 0.553. The normalized spacial score (nSPS) is 8.43. The molecule has 0 aromatic heterocycles. The van der Waals surface area contributed by atoms with Crippen molar-refractivity contribution >= 4 is 22.5 Å². The predicted octanol–water partition coefficient (Wildman–Crippen LogP) is 1.60. The van der Waals surface area contributed by atoms with Crippen molar-refractivity contribution in [3.8, 4) is 0 Å². The molecule has 0 aliphatic carbocycles. The molecule has 0 aromatic carbocycles. The highest BCUT2D eigenvalue weighted by molar-refractivity contribution is 8.70. The zero-order valence-electron chi connectivity index (χ0n) is 4.51. The SMILES string of the molecule is C=C(SS)N(C)C. The molecule has 42 valence electrons. The van der Waals surface area contributed by atoms with Crippen molar-refractivity contribution in [2.75, 3.05) is 14.1 Å². The van der Waals surface area contributed by atoms with Crippen molar-refractivity contribution in [3.63, 3.8) is 0 Å². The van der Waals surface area contributed by atoms with Gasteiger partial charge in [0.2, 0.25) is 0 Å². The summed E-state index contributed by atoms with van der Waals surface area (Å²) in [6.07, 6.45) is 0. The second kappa shape index (κ2) is 3.27. The molecule has 0 saturated carbocycles. The summed E-state index contributed by atoms with van der Waals surface area (Å²) in [6.45, 7) is 3.69. The van der Waals surface area contributed by atoms with Crippen LogP contribution in [0.2, 0.25) is 0 Å². The van der Waals surface area contributed by atoms with E-state index in [2.05, 4.69) is 18.2 Å². The van der Waals surface area contributed by atoms with Gasteiger partial charge in [-0.15, -0.1) is 11.7 Å². The van der Waals surface area contributed by atoms with Crippen LogP contribution in [-0.4, -0.2) is 19.0 Å². The molecule has 7 heavy (non-hydrogen) atoms. The van der Waals surface area contributed by atoms with Crippen LogP contribution in [0.1, 0.15) is 0 Å². The molecule has 0 aliphatic rings. The highest BCUT2D eigenvalue weighted by Gasteiger charge is 1.88. The van der Waals surface area contributed by atoms with Crippen LogP contribution in [0.25, 0.3) is 0 Å². The van der Waals surface area contributed by atoms with E-state index in [4.69, 9.17) is 0 Å². The topological polar surface area (TPSA) is 3.24 Å². The Bertz CT molecular complexity index is 70.1. The number of nitrogens with zero attached hydrogens (tertiary/aromatic N) is 1. The molecule has 1 nitrogen and oxygen atoms in total. The number of hydrogen-bond donors (Lipinski definition) is 1. The molecule has 0 spiro atoms. The van der Waals surface area contributed by atoms with Gasteiger partial charge < -0.3 is 4.90 Å². The zero-order chi connectivity index (χ0) is 5.86. The average molecular weight is 135 g/mol. The van der Waals surface area contributed by atoms with E-state index in [1.54, 1.807) is 0 Å². The van der Waals surface area contributed by atoms with Gasteiger partial charge in [0.1, 0.15) is 0 Å². The third kappa shape index (κ3) is 2.88. The van der Waals surface area contributed by atoms with E-state index in [0.29, 0.717) is 0 Å². The molecule has 0 N–H and O–H groups in total. The maximum atomic E-state index is 3.93. The van der Waals surface area contributed by atoms with Crippen LogP contribution in [0.15, 0.2) is 11.6 Å². The molecule has 0 saturated heterocycles. The van der Waals surface area contributed by atoms with Gasteiger partial charge in [0.25, 0.3) is 0 Å². The standard InChI is InChI=1S/C4H9NS2/c1-4(7-6)5(2)3/h6H,1H2,2-3H3. The Hall–Kier alpha value is 0.240. The Morgan fingerprint density at radius 1 is 1.71 bits per heavy atom. The molecule has 0 radical (unpaired) electrons. The summed E-state index contributed by atoms with van der Waals surface area (Å²) in [5, 5.41) is 0.961. The molecule has 3 heteroatoms.